The van der Waals surface area contributed by atoms with Crippen molar-refractivity contribution in [2.24, 2.45) is 5.73 Å². The van der Waals surface area contributed by atoms with Crippen LogP contribution in [0.5, 0.6) is 11.5 Å². The van der Waals surface area contributed by atoms with E-state index in [0.717, 1.165) is 11.1 Å². The standard InChI is InChI=1S/C23H26N2O4S/c1-28-20-13-17(14-21(15-20)29-2)16-30(26,27)25-23(19-11-7-4-8-12-19)22(24)18-9-5-3-6-10-18/h3-15,22-23,25H,16,24H2,1-2H3. The summed E-state index contributed by atoms with van der Waals surface area (Å²) in [5.41, 5.74) is 8.69. The molecule has 3 aromatic carbocycles. The van der Waals surface area contributed by atoms with Crippen LogP contribution in [0.4, 0.5) is 0 Å². The number of sulfonamides is 1. The smallest absolute Gasteiger partial charge is 0.216 e. The zero-order valence-electron chi connectivity index (χ0n) is 17.0. The average Bonchev–Trinajstić information content (AvgIpc) is 2.77. The highest BCUT2D eigenvalue weighted by Crippen LogP contribution is 2.29. The lowest BCUT2D eigenvalue weighted by Crippen LogP contribution is -2.36. The third-order valence-corrected chi connectivity index (χ3v) is 6.10. The first kappa shape index (κ1) is 21.8. The average molecular weight is 427 g/mol. The van der Waals surface area contributed by atoms with E-state index in [9.17, 15) is 8.42 Å². The molecule has 3 aromatic rings. The molecule has 2 unspecified atom stereocenters. The summed E-state index contributed by atoms with van der Waals surface area (Å²) in [6.45, 7) is 0. The first-order chi connectivity index (χ1) is 14.4. The second kappa shape index (κ2) is 9.75. The van der Waals surface area contributed by atoms with Crippen molar-refractivity contribution >= 4 is 10.0 Å². The van der Waals surface area contributed by atoms with Crippen molar-refractivity contribution in [3.63, 3.8) is 0 Å². The van der Waals surface area contributed by atoms with Gasteiger partial charge in [0, 0.05) is 6.07 Å². The van der Waals surface area contributed by atoms with Gasteiger partial charge in [-0.25, -0.2) is 13.1 Å². The minimum atomic E-state index is -3.73. The van der Waals surface area contributed by atoms with Crippen molar-refractivity contribution in [1.82, 2.24) is 4.72 Å². The third kappa shape index (κ3) is 5.60. The summed E-state index contributed by atoms with van der Waals surface area (Å²) in [6, 6.07) is 22.7. The van der Waals surface area contributed by atoms with Crippen molar-refractivity contribution in [2.75, 3.05) is 14.2 Å². The summed E-state index contributed by atoms with van der Waals surface area (Å²) in [4.78, 5) is 0. The molecule has 0 bridgehead atoms. The van der Waals surface area contributed by atoms with Gasteiger partial charge in [0.05, 0.1) is 32.1 Å². The van der Waals surface area contributed by atoms with Gasteiger partial charge >= 0.3 is 0 Å². The van der Waals surface area contributed by atoms with Gasteiger partial charge < -0.3 is 15.2 Å². The zero-order valence-corrected chi connectivity index (χ0v) is 17.8. The van der Waals surface area contributed by atoms with Crippen LogP contribution in [0.15, 0.2) is 78.9 Å². The van der Waals surface area contributed by atoms with Gasteiger partial charge in [-0.3, -0.25) is 0 Å². The van der Waals surface area contributed by atoms with Gasteiger partial charge in [-0.1, -0.05) is 60.7 Å². The normalized spacial score (nSPS) is 13.4. The largest absolute Gasteiger partial charge is 0.497 e. The van der Waals surface area contributed by atoms with E-state index < -0.39 is 22.1 Å². The number of nitrogens with two attached hydrogens (primary N) is 1. The summed E-state index contributed by atoms with van der Waals surface area (Å²) >= 11 is 0. The van der Waals surface area contributed by atoms with E-state index in [1.807, 2.05) is 60.7 Å². The predicted octanol–water partition coefficient (Wildman–Crippen LogP) is 3.56. The van der Waals surface area contributed by atoms with Crippen LogP contribution in [0.3, 0.4) is 0 Å². The van der Waals surface area contributed by atoms with Crippen molar-refractivity contribution in [3.05, 3.63) is 95.6 Å². The Bertz CT molecular complexity index is 1030. The molecule has 7 heteroatoms. The quantitative estimate of drug-likeness (QED) is 0.546. The Labute approximate surface area is 177 Å². The number of rotatable bonds is 9. The molecular formula is C23H26N2O4S. The molecule has 0 amide bonds. The number of methoxy groups -OCH3 is 2. The van der Waals surface area contributed by atoms with Crippen LogP contribution in [0, 0.1) is 0 Å². The van der Waals surface area contributed by atoms with Crippen LogP contribution in [-0.4, -0.2) is 22.6 Å². The molecule has 30 heavy (non-hydrogen) atoms. The first-order valence-electron chi connectivity index (χ1n) is 9.49. The highest BCUT2D eigenvalue weighted by molar-refractivity contribution is 7.88. The molecule has 0 aliphatic carbocycles. The molecule has 0 radical (unpaired) electrons. The van der Waals surface area contributed by atoms with Crippen molar-refractivity contribution < 1.29 is 17.9 Å². The Hall–Kier alpha value is -2.87. The Kier molecular flexibility index (Phi) is 7.10. The Morgan fingerprint density at radius 1 is 0.833 bits per heavy atom. The summed E-state index contributed by atoms with van der Waals surface area (Å²) < 4.78 is 39.4. The molecule has 0 aliphatic rings. The first-order valence-corrected chi connectivity index (χ1v) is 11.1. The molecule has 0 saturated carbocycles. The molecule has 3 rings (SSSR count). The van der Waals surface area contributed by atoms with Gasteiger partial charge in [0.25, 0.3) is 0 Å². The molecule has 0 spiro atoms. The number of benzene rings is 3. The highest BCUT2D eigenvalue weighted by Gasteiger charge is 2.26. The van der Waals surface area contributed by atoms with Gasteiger partial charge in [-0.05, 0) is 28.8 Å². The fourth-order valence-electron chi connectivity index (χ4n) is 3.28. The van der Waals surface area contributed by atoms with Gasteiger partial charge in [0.15, 0.2) is 0 Å². The topological polar surface area (TPSA) is 90.7 Å². The maximum atomic E-state index is 13.1. The molecule has 0 fully saturated rings. The van der Waals surface area contributed by atoms with E-state index in [4.69, 9.17) is 15.2 Å². The molecule has 0 aliphatic heterocycles. The number of hydrogen-bond acceptors (Lipinski definition) is 5. The molecule has 0 aromatic heterocycles. The maximum absolute atomic E-state index is 13.1. The van der Waals surface area contributed by atoms with Gasteiger partial charge in [0.2, 0.25) is 10.0 Å². The Balaban J connectivity index is 1.90. The van der Waals surface area contributed by atoms with Crippen molar-refractivity contribution in [1.29, 1.82) is 0 Å². The molecular weight excluding hydrogens is 400 g/mol. The van der Waals surface area contributed by atoms with Crippen LogP contribution >= 0.6 is 0 Å². The lowest BCUT2D eigenvalue weighted by atomic mass is 9.95. The van der Waals surface area contributed by atoms with Gasteiger partial charge in [-0.2, -0.15) is 0 Å². The Morgan fingerprint density at radius 3 is 1.83 bits per heavy atom. The van der Waals surface area contributed by atoms with Crippen molar-refractivity contribution in [3.8, 4) is 11.5 Å². The van der Waals surface area contributed by atoms with Gasteiger partial charge in [-0.15, -0.1) is 0 Å². The van der Waals surface area contributed by atoms with Crippen LogP contribution in [-0.2, 0) is 15.8 Å². The summed E-state index contributed by atoms with van der Waals surface area (Å²) in [6.07, 6.45) is 0. The third-order valence-electron chi connectivity index (χ3n) is 4.78. The van der Waals surface area contributed by atoms with Crippen molar-refractivity contribution in [2.45, 2.75) is 17.8 Å². The molecule has 2 atom stereocenters. The van der Waals surface area contributed by atoms with E-state index in [1.54, 1.807) is 18.2 Å². The summed E-state index contributed by atoms with van der Waals surface area (Å²) in [7, 11) is -0.679. The fraction of sp³-hybridized carbons (Fsp3) is 0.217. The molecule has 0 saturated heterocycles. The lowest BCUT2D eigenvalue weighted by Gasteiger charge is -2.26. The maximum Gasteiger partial charge on any atom is 0.216 e. The minimum Gasteiger partial charge on any atom is -0.497 e. The van der Waals surface area contributed by atoms with Crippen LogP contribution < -0.4 is 19.9 Å². The second-order valence-electron chi connectivity index (χ2n) is 6.92. The zero-order chi connectivity index (χ0) is 21.6. The van der Waals surface area contributed by atoms with E-state index in [1.165, 1.54) is 14.2 Å². The second-order valence-corrected chi connectivity index (χ2v) is 8.68. The van der Waals surface area contributed by atoms with E-state index in [2.05, 4.69) is 4.72 Å². The SMILES string of the molecule is COc1cc(CS(=O)(=O)NC(c2ccccc2)C(N)c2ccccc2)cc(OC)c1. The Morgan fingerprint density at radius 2 is 1.33 bits per heavy atom. The van der Waals surface area contributed by atoms with E-state index in [-0.39, 0.29) is 5.75 Å². The molecule has 6 nitrogen and oxygen atoms in total. The van der Waals surface area contributed by atoms with Crippen LogP contribution in [0.1, 0.15) is 28.8 Å². The summed E-state index contributed by atoms with van der Waals surface area (Å²) in [5, 5.41) is 0. The van der Waals surface area contributed by atoms with E-state index in [0.29, 0.717) is 17.1 Å². The summed E-state index contributed by atoms with van der Waals surface area (Å²) in [5.74, 6) is 0.825. The van der Waals surface area contributed by atoms with Crippen LogP contribution in [0.2, 0.25) is 0 Å². The lowest BCUT2D eigenvalue weighted by molar-refractivity contribution is 0.393. The number of ether oxygens (including phenoxy) is 2. The number of nitrogens with one attached hydrogen (secondary N) is 1. The van der Waals surface area contributed by atoms with Gasteiger partial charge in [0.1, 0.15) is 11.5 Å². The fourth-order valence-corrected chi connectivity index (χ4v) is 4.64. The number of hydrogen-bond donors (Lipinski definition) is 2. The highest BCUT2D eigenvalue weighted by atomic mass is 32.2. The molecule has 3 N–H and O–H groups in total. The van der Waals surface area contributed by atoms with Crippen LogP contribution in [0.25, 0.3) is 0 Å². The van der Waals surface area contributed by atoms with E-state index >= 15 is 0 Å². The minimum absolute atomic E-state index is 0.231. The molecule has 0 heterocycles. The predicted molar refractivity (Wildman–Crippen MR) is 118 cm³/mol. The monoisotopic (exact) mass is 426 g/mol. The molecule has 158 valence electrons.